The van der Waals surface area contributed by atoms with Crippen LogP contribution in [0.1, 0.15) is 73.0 Å². The van der Waals surface area contributed by atoms with E-state index in [0.29, 0.717) is 17.9 Å². The van der Waals surface area contributed by atoms with Crippen LogP contribution in [0, 0.1) is 5.92 Å². The Bertz CT molecular complexity index is 2430. The Hall–Kier alpha value is -6.53. The summed E-state index contributed by atoms with van der Waals surface area (Å²) in [6.45, 7) is 3.93. The van der Waals surface area contributed by atoms with Crippen molar-refractivity contribution in [2.24, 2.45) is 5.92 Å². The first-order valence-electron chi connectivity index (χ1n) is 21.0. The molecule has 0 saturated carbocycles. The van der Waals surface area contributed by atoms with Crippen LogP contribution in [0.3, 0.4) is 0 Å². The standard InChI is InChI=1S/C48H50N8O4/c1-53(48(59)60)43(37-12-6-3-7-13-37)47(58)56-26-9-15-42(56)45-50-29-40(52-45)36-22-18-34(19-23-36)33-16-20-35(21-17-33)39-28-49-44(51-39)41-14-8-25-55(41)46(57)38-24-27-54(31-38)30-32-10-4-2-5-11-32/h2-7,10-13,16-23,28-29,38,41-43H,8-9,14-15,24-27,30-31H2,1H3,(H,49,51)(H,50,52)(H,59,60)/t38-,41-,42-,43+/m0/s1. The molecule has 4 atom stereocenters. The number of hydrogen-bond donors (Lipinski definition) is 3. The van der Waals surface area contributed by atoms with Crippen LogP contribution in [0.4, 0.5) is 4.79 Å². The lowest BCUT2D eigenvalue weighted by Crippen LogP contribution is -2.43. The molecular formula is C48H50N8O4. The van der Waals surface area contributed by atoms with E-state index in [1.165, 1.54) is 12.6 Å². The minimum Gasteiger partial charge on any atom is -0.465 e. The summed E-state index contributed by atoms with van der Waals surface area (Å²) >= 11 is 0. The maximum absolute atomic E-state index is 14.0. The van der Waals surface area contributed by atoms with Crippen LogP contribution < -0.4 is 0 Å². The molecule has 60 heavy (non-hydrogen) atoms. The molecule has 4 aromatic carbocycles. The van der Waals surface area contributed by atoms with Crippen molar-refractivity contribution in [3.63, 3.8) is 0 Å². The third-order valence-corrected chi connectivity index (χ3v) is 12.5. The van der Waals surface area contributed by atoms with Crippen molar-refractivity contribution in [2.75, 3.05) is 33.2 Å². The van der Waals surface area contributed by atoms with Crippen molar-refractivity contribution in [1.82, 2.24) is 39.5 Å². The van der Waals surface area contributed by atoms with Crippen molar-refractivity contribution >= 4 is 17.9 Å². The van der Waals surface area contributed by atoms with Crippen LogP contribution in [-0.2, 0) is 16.1 Å². The number of likely N-dealkylation sites (N-methyl/N-ethyl adjacent to an activating group) is 1. The number of nitrogens with zero attached hydrogens (tertiary/aromatic N) is 6. The monoisotopic (exact) mass is 802 g/mol. The zero-order chi connectivity index (χ0) is 41.2. The summed E-state index contributed by atoms with van der Waals surface area (Å²) in [5.74, 6) is 1.56. The summed E-state index contributed by atoms with van der Waals surface area (Å²) in [5, 5.41) is 9.81. The molecule has 3 saturated heterocycles. The predicted octanol–water partition coefficient (Wildman–Crippen LogP) is 8.33. The van der Waals surface area contributed by atoms with Gasteiger partial charge in [-0.15, -0.1) is 0 Å². The maximum Gasteiger partial charge on any atom is 0.407 e. The Morgan fingerprint density at radius 1 is 0.683 bits per heavy atom. The van der Waals surface area contributed by atoms with E-state index in [1.54, 1.807) is 23.2 Å². The van der Waals surface area contributed by atoms with Gasteiger partial charge in [0.1, 0.15) is 17.7 Å². The predicted molar refractivity (Wildman–Crippen MR) is 229 cm³/mol. The number of H-pyrrole nitrogens is 2. The lowest BCUT2D eigenvalue weighted by atomic mass is 10.0. The molecule has 12 nitrogen and oxygen atoms in total. The lowest BCUT2D eigenvalue weighted by molar-refractivity contribution is -0.137. The molecule has 0 radical (unpaired) electrons. The number of carbonyl (C=O) groups is 3. The van der Waals surface area contributed by atoms with Gasteiger partial charge >= 0.3 is 6.09 Å². The first kappa shape index (κ1) is 39.0. The molecule has 12 heteroatoms. The second-order valence-electron chi connectivity index (χ2n) is 16.3. The van der Waals surface area contributed by atoms with Crippen molar-refractivity contribution < 1.29 is 19.5 Å². The van der Waals surface area contributed by atoms with Crippen molar-refractivity contribution in [3.05, 3.63) is 144 Å². The Balaban J connectivity index is 0.832. The Kier molecular flexibility index (Phi) is 11.0. The van der Waals surface area contributed by atoms with Crippen LogP contribution in [0.5, 0.6) is 0 Å². The molecule has 3 N–H and O–H groups in total. The van der Waals surface area contributed by atoms with Gasteiger partial charge in [-0.2, -0.15) is 0 Å². The highest BCUT2D eigenvalue weighted by molar-refractivity contribution is 5.87. The topological polar surface area (TPSA) is 142 Å². The van der Waals surface area contributed by atoms with Gasteiger partial charge in [0.25, 0.3) is 5.91 Å². The first-order valence-corrected chi connectivity index (χ1v) is 21.0. The summed E-state index contributed by atoms with van der Waals surface area (Å²) < 4.78 is 0. The fourth-order valence-corrected chi connectivity index (χ4v) is 9.31. The number of aromatic nitrogens is 4. The van der Waals surface area contributed by atoms with Crippen LogP contribution in [-0.4, -0.2) is 95.8 Å². The molecule has 5 heterocycles. The lowest BCUT2D eigenvalue weighted by Gasteiger charge is -2.32. The molecule has 0 bridgehead atoms. The zero-order valence-electron chi connectivity index (χ0n) is 33.8. The van der Waals surface area contributed by atoms with Gasteiger partial charge in [0.15, 0.2) is 0 Å². The number of nitrogens with one attached hydrogen (secondary N) is 2. The number of likely N-dealkylation sites (tertiary alicyclic amines) is 3. The van der Waals surface area contributed by atoms with Crippen molar-refractivity contribution in [3.8, 4) is 33.6 Å². The second-order valence-corrected chi connectivity index (χ2v) is 16.3. The van der Waals surface area contributed by atoms with E-state index >= 15 is 0 Å². The molecule has 3 amide bonds. The molecule has 0 spiro atoms. The van der Waals surface area contributed by atoms with Crippen LogP contribution in [0.2, 0.25) is 0 Å². The normalized spacial score (nSPS) is 19.8. The Labute approximate surface area is 349 Å². The van der Waals surface area contributed by atoms with E-state index in [4.69, 9.17) is 9.97 Å². The molecule has 3 aliphatic heterocycles. The highest BCUT2D eigenvalue weighted by Crippen LogP contribution is 2.37. The highest BCUT2D eigenvalue weighted by atomic mass is 16.4. The van der Waals surface area contributed by atoms with E-state index in [2.05, 4.69) is 92.6 Å². The van der Waals surface area contributed by atoms with Crippen molar-refractivity contribution in [2.45, 2.75) is 56.8 Å². The molecule has 2 aromatic heterocycles. The highest BCUT2D eigenvalue weighted by Gasteiger charge is 2.40. The van der Waals surface area contributed by atoms with Crippen molar-refractivity contribution in [1.29, 1.82) is 0 Å². The molecule has 6 aromatic rings. The number of imidazole rings is 2. The largest absolute Gasteiger partial charge is 0.465 e. The molecular weight excluding hydrogens is 753 g/mol. The minimum absolute atomic E-state index is 0.0248. The second kappa shape index (κ2) is 17.0. The Morgan fingerprint density at radius 2 is 1.20 bits per heavy atom. The number of amides is 3. The van der Waals surface area contributed by atoms with E-state index < -0.39 is 12.1 Å². The SMILES string of the molecule is CN(C(=O)O)[C@@H](C(=O)N1CCC[C@H]1c1ncc(-c2ccc(-c3ccc(-c4cnc([C@@H]5CCCN5C(=O)[C@H]5CCN(Cc6ccccc6)C5)[nH]4)cc3)cc2)[nH]1)c1ccccc1. The summed E-state index contributed by atoms with van der Waals surface area (Å²) in [6, 6.07) is 35.0. The molecule has 0 unspecified atom stereocenters. The number of carbonyl (C=O) groups excluding carboxylic acids is 2. The summed E-state index contributed by atoms with van der Waals surface area (Å²) in [5.41, 5.74) is 7.86. The van der Waals surface area contributed by atoms with Gasteiger partial charge in [0.2, 0.25) is 5.91 Å². The fraction of sp³-hybridized carbons (Fsp3) is 0.312. The minimum atomic E-state index is -1.16. The van der Waals surface area contributed by atoms with Crippen LogP contribution >= 0.6 is 0 Å². The number of hydrogen-bond acceptors (Lipinski definition) is 6. The average molecular weight is 803 g/mol. The van der Waals surface area contributed by atoms with E-state index in [-0.39, 0.29) is 29.8 Å². The fourth-order valence-electron chi connectivity index (χ4n) is 9.31. The third-order valence-electron chi connectivity index (χ3n) is 12.5. The van der Waals surface area contributed by atoms with Gasteiger partial charge in [-0.3, -0.25) is 19.4 Å². The van der Waals surface area contributed by atoms with E-state index in [0.717, 1.165) is 103 Å². The van der Waals surface area contributed by atoms with Gasteiger partial charge in [0, 0.05) is 33.2 Å². The number of aromatic amines is 2. The quantitative estimate of drug-likeness (QED) is 0.120. The Morgan fingerprint density at radius 3 is 1.77 bits per heavy atom. The third kappa shape index (κ3) is 7.94. The number of carboxylic acid groups (broad SMARTS) is 1. The van der Waals surface area contributed by atoms with Gasteiger partial charge in [0.05, 0.1) is 41.8 Å². The molecule has 3 aliphatic rings. The maximum atomic E-state index is 14.0. The summed E-state index contributed by atoms with van der Waals surface area (Å²) in [6.07, 6.45) is 6.84. The summed E-state index contributed by atoms with van der Waals surface area (Å²) in [7, 11) is 1.44. The number of benzene rings is 4. The number of rotatable bonds is 11. The first-order chi connectivity index (χ1) is 29.3. The van der Waals surface area contributed by atoms with Gasteiger partial charge in [-0.05, 0) is 72.0 Å². The van der Waals surface area contributed by atoms with Crippen LogP contribution in [0.25, 0.3) is 33.6 Å². The van der Waals surface area contributed by atoms with Crippen LogP contribution in [0.15, 0.2) is 122 Å². The smallest absolute Gasteiger partial charge is 0.407 e. The molecule has 9 rings (SSSR count). The zero-order valence-corrected chi connectivity index (χ0v) is 33.8. The molecule has 0 aliphatic carbocycles. The van der Waals surface area contributed by atoms with Gasteiger partial charge < -0.3 is 24.9 Å². The molecule has 3 fully saturated rings. The van der Waals surface area contributed by atoms with E-state index in [9.17, 15) is 19.5 Å². The summed E-state index contributed by atoms with van der Waals surface area (Å²) in [4.78, 5) is 63.6. The average Bonchev–Trinajstić information content (AvgIpc) is 4.14. The van der Waals surface area contributed by atoms with Gasteiger partial charge in [-0.25, -0.2) is 14.8 Å². The van der Waals surface area contributed by atoms with Gasteiger partial charge in [-0.1, -0.05) is 109 Å². The van der Waals surface area contributed by atoms with E-state index in [1.807, 2.05) is 30.5 Å². The molecule has 306 valence electrons.